The van der Waals surface area contributed by atoms with Gasteiger partial charge >= 0.3 is 11.8 Å². The molecule has 3 N–H and O–H groups in total. The van der Waals surface area contributed by atoms with Gasteiger partial charge in [0.25, 0.3) is 5.91 Å². The third-order valence-electron chi connectivity index (χ3n) is 4.83. The normalized spacial score (nSPS) is 10.5. The summed E-state index contributed by atoms with van der Waals surface area (Å²) in [6.45, 7) is 3.58. The molecule has 9 nitrogen and oxygen atoms in total. The van der Waals surface area contributed by atoms with Crippen LogP contribution in [0, 0.1) is 13.8 Å². The maximum absolute atomic E-state index is 12.2. The first-order chi connectivity index (χ1) is 16.9. The van der Waals surface area contributed by atoms with E-state index in [1.54, 1.807) is 36.4 Å². The molecule has 3 rings (SSSR count). The molecule has 0 saturated heterocycles. The zero-order valence-corrected chi connectivity index (χ0v) is 19.6. The van der Waals surface area contributed by atoms with Crippen molar-refractivity contribution in [2.75, 3.05) is 24.4 Å². The van der Waals surface area contributed by atoms with Crippen molar-refractivity contribution in [3.8, 4) is 11.5 Å². The molecule has 3 amide bonds. The zero-order chi connectivity index (χ0) is 25.2. The number of methoxy groups -OCH3 is 1. The van der Waals surface area contributed by atoms with Gasteiger partial charge in [0.15, 0.2) is 18.1 Å². The minimum Gasteiger partial charge on any atom is -0.493 e. The average Bonchev–Trinajstić information content (AvgIpc) is 2.84. The van der Waals surface area contributed by atoms with Crippen LogP contribution in [0.1, 0.15) is 16.7 Å². The number of carbonyl (C=O) groups is 3. The third kappa shape index (κ3) is 7.43. The van der Waals surface area contributed by atoms with Crippen molar-refractivity contribution in [3.05, 3.63) is 83.4 Å². The quantitative estimate of drug-likeness (QED) is 0.263. The van der Waals surface area contributed by atoms with Crippen LogP contribution in [0.3, 0.4) is 0 Å². The van der Waals surface area contributed by atoms with Gasteiger partial charge in [-0.3, -0.25) is 14.4 Å². The van der Waals surface area contributed by atoms with Crippen LogP contribution in [0.15, 0.2) is 71.8 Å². The predicted octanol–water partition coefficient (Wildman–Crippen LogP) is 3.42. The maximum Gasteiger partial charge on any atom is 0.329 e. The SMILES string of the molecule is COc1cc(/C=N\NC(=O)C(=O)Nc2cccc(C)c2)ccc1OCC(=O)Nc1ccccc1C. The van der Waals surface area contributed by atoms with Gasteiger partial charge in [-0.25, -0.2) is 5.43 Å². The van der Waals surface area contributed by atoms with E-state index in [2.05, 4.69) is 21.2 Å². The topological polar surface area (TPSA) is 118 Å². The molecule has 0 aliphatic heterocycles. The number of nitrogens with one attached hydrogen (secondary N) is 3. The number of nitrogens with zero attached hydrogens (tertiary/aromatic N) is 1. The highest BCUT2D eigenvalue weighted by molar-refractivity contribution is 6.39. The number of hydrazone groups is 1. The van der Waals surface area contributed by atoms with Gasteiger partial charge in [0.05, 0.1) is 13.3 Å². The summed E-state index contributed by atoms with van der Waals surface area (Å²) >= 11 is 0. The number of para-hydroxylation sites is 1. The van der Waals surface area contributed by atoms with Gasteiger partial charge in [0.2, 0.25) is 0 Å². The van der Waals surface area contributed by atoms with E-state index in [1.165, 1.54) is 13.3 Å². The van der Waals surface area contributed by atoms with Crippen LogP contribution in [0.25, 0.3) is 0 Å². The fourth-order valence-electron chi connectivity index (χ4n) is 3.05. The van der Waals surface area contributed by atoms with Gasteiger partial charge in [-0.05, 0) is 66.9 Å². The highest BCUT2D eigenvalue weighted by atomic mass is 16.5. The Hall–Kier alpha value is -4.66. The minimum absolute atomic E-state index is 0.204. The first kappa shape index (κ1) is 25.0. The van der Waals surface area contributed by atoms with E-state index in [-0.39, 0.29) is 12.5 Å². The fraction of sp³-hybridized carbons (Fsp3) is 0.154. The van der Waals surface area contributed by atoms with Crippen LogP contribution < -0.4 is 25.5 Å². The lowest BCUT2D eigenvalue weighted by molar-refractivity contribution is -0.136. The number of hydrogen-bond donors (Lipinski definition) is 3. The lowest BCUT2D eigenvalue weighted by atomic mass is 10.2. The standard InChI is InChI=1S/C26H26N4O5/c1-17-7-6-9-20(13-17)28-25(32)26(33)30-27-15-19-11-12-22(23(14-19)34-3)35-16-24(31)29-21-10-5-4-8-18(21)2/h4-15H,16H2,1-3H3,(H,28,32)(H,29,31)(H,30,33)/b27-15-. The molecular formula is C26H26N4O5. The molecule has 9 heteroatoms. The number of benzene rings is 3. The summed E-state index contributed by atoms with van der Waals surface area (Å²) in [6.07, 6.45) is 1.36. The summed E-state index contributed by atoms with van der Waals surface area (Å²) in [7, 11) is 1.47. The van der Waals surface area contributed by atoms with Gasteiger partial charge in [-0.2, -0.15) is 5.10 Å². The number of hydrogen-bond acceptors (Lipinski definition) is 6. The molecule has 0 aromatic heterocycles. The van der Waals surface area contributed by atoms with E-state index >= 15 is 0 Å². The number of rotatable bonds is 8. The average molecular weight is 475 g/mol. The van der Waals surface area contributed by atoms with Gasteiger partial charge in [-0.1, -0.05) is 30.3 Å². The van der Waals surface area contributed by atoms with Crippen molar-refractivity contribution in [1.82, 2.24) is 5.43 Å². The molecule has 0 aliphatic carbocycles. The molecule has 0 unspecified atom stereocenters. The highest BCUT2D eigenvalue weighted by Crippen LogP contribution is 2.27. The molecule has 35 heavy (non-hydrogen) atoms. The first-order valence-corrected chi connectivity index (χ1v) is 10.7. The van der Waals surface area contributed by atoms with E-state index in [9.17, 15) is 14.4 Å². The second kappa shape index (κ2) is 12.0. The van der Waals surface area contributed by atoms with Crippen molar-refractivity contribution in [3.63, 3.8) is 0 Å². The molecular weight excluding hydrogens is 448 g/mol. The van der Waals surface area contributed by atoms with Crippen LogP contribution in [0.2, 0.25) is 0 Å². The Morgan fingerprint density at radius 3 is 2.43 bits per heavy atom. The third-order valence-corrected chi connectivity index (χ3v) is 4.83. The number of aryl methyl sites for hydroxylation is 2. The fourth-order valence-corrected chi connectivity index (χ4v) is 3.05. The second-order valence-electron chi connectivity index (χ2n) is 7.58. The number of amides is 3. The van der Waals surface area contributed by atoms with Crippen LogP contribution in [0.5, 0.6) is 11.5 Å². The number of carbonyl (C=O) groups excluding carboxylic acids is 3. The Bertz CT molecular complexity index is 1260. The molecule has 0 saturated carbocycles. The van der Waals surface area contributed by atoms with Crippen molar-refractivity contribution in [1.29, 1.82) is 0 Å². The molecule has 3 aromatic carbocycles. The van der Waals surface area contributed by atoms with Crippen LogP contribution in [0.4, 0.5) is 11.4 Å². The molecule has 0 radical (unpaired) electrons. The molecule has 0 aliphatic rings. The van der Waals surface area contributed by atoms with Gasteiger partial charge in [0, 0.05) is 11.4 Å². The Morgan fingerprint density at radius 1 is 0.886 bits per heavy atom. The highest BCUT2D eigenvalue weighted by Gasteiger charge is 2.13. The summed E-state index contributed by atoms with van der Waals surface area (Å²) in [5, 5.41) is 9.11. The Balaban J connectivity index is 1.53. The van der Waals surface area contributed by atoms with Crippen molar-refractivity contribution in [2.45, 2.75) is 13.8 Å². The summed E-state index contributed by atoms with van der Waals surface area (Å²) < 4.78 is 10.9. The largest absolute Gasteiger partial charge is 0.493 e. The molecule has 3 aromatic rings. The second-order valence-corrected chi connectivity index (χ2v) is 7.58. The lowest BCUT2D eigenvalue weighted by Gasteiger charge is -2.12. The molecule has 0 bridgehead atoms. The number of ether oxygens (including phenoxy) is 2. The Labute approximate surface area is 203 Å². The van der Waals surface area contributed by atoms with E-state index in [0.717, 1.165) is 11.1 Å². The Morgan fingerprint density at radius 2 is 1.69 bits per heavy atom. The maximum atomic E-state index is 12.2. The lowest BCUT2D eigenvalue weighted by Crippen LogP contribution is -2.32. The summed E-state index contributed by atoms with van der Waals surface area (Å²) in [5.74, 6) is -1.31. The summed E-state index contributed by atoms with van der Waals surface area (Å²) in [5.41, 5.74) is 5.89. The Kier molecular flexibility index (Phi) is 8.55. The van der Waals surface area contributed by atoms with E-state index < -0.39 is 11.8 Å². The van der Waals surface area contributed by atoms with Gasteiger partial charge < -0.3 is 20.1 Å². The van der Waals surface area contributed by atoms with Gasteiger partial charge in [0.1, 0.15) is 0 Å². The zero-order valence-electron chi connectivity index (χ0n) is 19.6. The van der Waals surface area contributed by atoms with Crippen molar-refractivity contribution >= 4 is 35.3 Å². The smallest absolute Gasteiger partial charge is 0.329 e. The molecule has 0 fully saturated rings. The van der Waals surface area contributed by atoms with Gasteiger partial charge in [-0.15, -0.1) is 0 Å². The van der Waals surface area contributed by atoms with E-state index in [1.807, 2.05) is 44.2 Å². The molecule has 0 spiro atoms. The van der Waals surface area contributed by atoms with Crippen LogP contribution in [-0.4, -0.2) is 37.7 Å². The summed E-state index contributed by atoms with van der Waals surface area (Å²) in [4.78, 5) is 36.2. The number of anilines is 2. The van der Waals surface area contributed by atoms with Crippen LogP contribution >= 0.6 is 0 Å². The van der Waals surface area contributed by atoms with E-state index in [0.29, 0.717) is 28.4 Å². The molecule has 0 heterocycles. The molecule has 0 atom stereocenters. The van der Waals surface area contributed by atoms with Crippen molar-refractivity contribution in [2.24, 2.45) is 5.10 Å². The molecule has 180 valence electrons. The predicted molar refractivity (Wildman–Crippen MR) is 134 cm³/mol. The van der Waals surface area contributed by atoms with E-state index in [4.69, 9.17) is 9.47 Å². The summed E-state index contributed by atoms with van der Waals surface area (Å²) in [6, 6.07) is 19.4. The first-order valence-electron chi connectivity index (χ1n) is 10.7. The van der Waals surface area contributed by atoms with Crippen molar-refractivity contribution < 1.29 is 23.9 Å². The van der Waals surface area contributed by atoms with Crippen LogP contribution in [-0.2, 0) is 14.4 Å². The monoisotopic (exact) mass is 474 g/mol. The minimum atomic E-state index is -0.908.